The third-order valence-electron chi connectivity index (χ3n) is 17.7. The van der Waals surface area contributed by atoms with Crippen molar-refractivity contribution in [2.45, 2.75) is 42.6 Å². The number of aliphatic imine (C=N–C) groups is 1. The van der Waals surface area contributed by atoms with Gasteiger partial charge in [0.25, 0.3) is 0 Å². The number of rotatable bonds is 6. The predicted molar refractivity (Wildman–Crippen MR) is 315 cm³/mol. The van der Waals surface area contributed by atoms with Gasteiger partial charge in [0, 0.05) is 22.8 Å². The number of ether oxygens (including phenoxy) is 1. The molecule has 0 saturated carbocycles. The van der Waals surface area contributed by atoms with Gasteiger partial charge >= 0.3 is 0 Å². The number of para-hydroxylation sites is 2. The lowest BCUT2D eigenvalue weighted by Gasteiger charge is -2.51. The highest BCUT2D eigenvalue weighted by Crippen LogP contribution is 2.67. The van der Waals surface area contributed by atoms with E-state index >= 15 is 0 Å². The maximum atomic E-state index is 6.77. The molecule has 15 rings (SSSR count). The quantitative estimate of drug-likeness (QED) is 0.163. The second-order valence-electron chi connectivity index (χ2n) is 21.5. The van der Waals surface area contributed by atoms with Crippen molar-refractivity contribution in [2.75, 3.05) is 0 Å². The van der Waals surface area contributed by atoms with E-state index in [0.717, 1.165) is 24.3 Å². The minimum Gasteiger partial charge on any atom is -0.457 e. The molecule has 11 aromatic carbocycles. The van der Waals surface area contributed by atoms with Gasteiger partial charge in [-0.25, -0.2) is 0 Å². The Hall–Kier alpha value is -9.11. The van der Waals surface area contributed by atoms with Gasteiger partial charge < -0.3 is 4.74 Å². The van der Waals surface area contributed by atoms with Crippen LogP contribution in [0.1, 0.15) is 92.9 Å². The molecule has 0 N–H and O–H groups in total. The molecule has 2 spiro atoms. The monoisotopic (exact) mass is 985 g/mol. The largest absolute Gasteiger partial charge is 0.457 e. The van der Waals surface area contributed by atoms with Gasteiger partial charge in [-0.2, -0.15) is 0 Å². The van der Waals surface area contributed by atoms with Gasteiger partial charge in [-0.1, -0.05) is 262 Å². The van der Waals surface area contributed by atoms with Crippen LogP contribution >= 0.6 is 0 Å². The van der Waals surface area contributed by atoms with Crippen LogP contribution in [0.2, 0.25) is 0 Å². The Morgan fingerprint density at radius 2 is 0.766 bits per heavy atom. The van der Waals surface area contributed by atoms with E-state index in [1.54, 1.807) is 0 Å². The van der Waals surface area contributed by atoms with Gasteiger partial charge in [-0.15, -0.1) is 0 Å². The number of hydrogen-bond donors (Lipinski definition) is 0. The van der Waals surface area contributed by atoms with Gasteiger partial charge in [0.15, 0.2) is 0 Å². The molecule has 366 valence electrons. The standard InChI is InChI=1S/C75H55NO/c1-49-58(56-27-18-25-54(47-56)50-21-4-2-5-22-50)45-46-69(57-28-19-26-55(48-57)51-23-6-3-7-24-51)76-73(49)53-43-41-52(42-44-53)59-30-20-38-68-72(59)60-29-8-9-31-61(60)74(68)62-32-10-12-34-64(62)75(65-35-13-11-33-63(65)74)66-36-14-16-39-70(66)77-71-40-17-15-37-67(71)75/h2-44,47-49,58,69H,45-46H2,1H3. The lowest BCUT2D eigenvalue weighted by Crippen LogP contribution is -2.45. The molecule has 11 aromatic rings. The molecule has 0 bridgehead atoms. The van der Waals surface area contributed by atoms with E-state index < -0.39 is 10.8 Å². The van der Waals surface area contributed by atoms with Gasteiger partial charge in [0.05, 0.1) is 16.9 Å². The van der Waals surface area contributed by atoms with Crippen LogP contribution < -0.4 is 4.74 Å². The maximum absolute atomic E-state index is 6.77. The summed E-state index contributed by atoms with van der Waals surface area (Å²) in [6.07, 6.45) is 1.99. The predicted octanol–water partition coefficient (Wildman–Crippen LogP) is 18.6. The van der Waals surface area contributed by atoms with Crippen molar-refractivity contribution in [3.05, 3.63) is 334 Å². The average Bonchev–Trinajstić information content (AvgIpc) is 4.00. The third kappa shape index (κ3) is 6.84. The highest BCUT2D eigenvalue weighted by molar-refractivity contribution is 6.04. The van der Waals surface area contributed by atoms with Crippen molar-refractivity contribution in [2.24, 2.45) is 10.9 Å². The van der Waals surface area contributed by atoms with Crippen LogP contribution in [0.5, 0.6) is 11.5 Å². The van der Waals surface area contributed by atoms with Gasteiger partial charge in [-0.3, -0.25) is 4.99 Å². The number of hydrogen-bond acceptors (Lipinski definition) is 2. The molecule has 2 nitrogen and oxygen atoms in total. The zero-order chi connectivity index (χ0) is 51.1. The summed E-state index contributed by atoms with van der Waals surface area (Å²) in [4.78, 5) is 5.85. The highest BCUT2D eigenvalue weighted by atomic mass is 16.5. The van der Waals surface area contributed by atoms with Crippen molar-refractivity contribution in [3.63, 3.8) is 0 Å². The van der Waals surface area contributed by atoms with Crippen LogP contribution in [0.4, 0.5) is 0 Å². The second-order valence-corrected chi connectivity index (χ2v) is 21.5. The molecule has 3 unspecified atom stereocenters. The SMILES string of the molecule is CC1C(c2ccc(-c3cccc4c3-c3ccccc3C43c4ccccc4C4(c5ccccc5Oc5ccccc54)c4ccccc43)cc2)=NC(c2cccc(-c3ccccc3)c2)CCC1c1cccc(-c2ccccc2)c1. The van der Waals surface area contributed by atoms with Crippen LogP contribution in [0.15, 0.2) is 278 Å². The number of benzene rings is 11. The summed E-state index contributed by atoms with van der Waals surface area (Å²) >= 11 is 0. The first-order chi connectivity index (χ1) is 38.1. The molecule has 2 heterocycles. The number of nitrogens with zero attached hydrogens (tertiary/aromatic N) is 1. The molecule has 2 aliphatic carbocycles. The molecule has 4 aliphatic rings. The first kappa shape index (κ1) is 45.3. The Bertz CT molecular complexity index is 4020. The second kappa shape index (κ2) is 18.0. The fourth-order valence-electron chi connectivity index (χ4n) is 14.4. The topological polar surface area (TPSA) is 21.6 Å². The van der Waals surface area contributed by atoms with Gasteiger partial charge in [0.1, 0.15) is 11.5 Å². The first-order valence-corrected chi connectivity index (χ1v) is 27.4. The van der Waals surface area contributed by atoms with Crippen molar-refractivity contribution in [1.82, 2.24) is 0 Å². The molecular weight excluding hydrogens is 931 g/mol. The lowest BCUT2D eigenvalue weighted by molar-refractivity contribution is 0.429. The first-order valence-electron chi connectivity index (χ1n) is 27.4. The molecule has 0 fully saturated rings. The number of fused-ring (bicyclic) bond motifs is 15. The van der Waals surface area contributed by atoms with Crippen LogP contribution in [0, 0.1) is 5.92 Å². The smallest absolute Gasteiger partial charge is 0.132 e. The Morgan fingerprint density at radius 1 is 0.338 bits per heavy atom. The van der Waals surface area contributed by atoms with Crippen LogP contribution in [0.25, 0.3) is 44.5 Å². The Kier molecular flexibility index (Phi) is 10.6. The van der Waals surface area contributed by atoms with E-state index in [2.05, 4.69) is 280 Å². The summed E-state index contributed by atoms with van der Waals surface area (Å²) in [5, 5.41) is 0. The van der Waals surface area contributed by atoms with Crippen LogP contribution in [0.3, 0.4) is 0 Å². The Balaban J connectivity index is 0.879. The van der Waals surface area contributed by atoms with Crippen molar-refractivity contribution < 1.29 is 4.74 Å². The Morgan fingerprint density at radius 3 is 1.36 bits per heavy atom. The van der Waals surface area contributed by atoms with E-state index in [1.807, 2.05) is 0 Å². The summed E-state index contributed by atoms with van der Waals surface area (Å²) in [6.45, 7) is 2.41. The van der Waals surface area contributed by atoms with Crippen molar-refractivity contribution >= 4 is 5.71 Å². The molecule has 3 atom stereocenters. The van der Waals surface area contributed by atoms with E-state index in [1.165, 1.54) is 111 Å². The van der Waals surface area contributed by atoms with E-state index in [-0.39, 0.29) is 17.9 Å². The van der Waals surface area contributed by atoms with Crippen LogP contribution in [-0.2, 0) is 10.8 Å². The van der Waals surface area contributed by atoms with Gasteiger partial charge in [-0.05, 0) is 132 Å². The average molecular weight is 986 g/mol. The molecule has 77 heavy (non-hydrogen) atoms. The van der Waals surface area contributed by atoms with E-state index in [0.29, 0.717) is 0 Å². The Labute approximate surface area is 451 Å². The fourth-order valence-corrected chi connectivity index (χ4v) is 14.4. The maximum Gasteiger partial charge on any atom is 0.132 e. The fraction of sp³-hybridized carbons (Fsp3) is 0.107. The molecule has 2 aliphatic heterocycles. The minimum atomic E-state index is -0.611. The summed E-state index contributed by atoms with van der Waals surface area (Å²) in [5.41, 5.74) is 23.9. The normalized spacial score (nSPS) is 17.8. The zero-order valence-electron chi connectivity index (χ0n) is 43.0. The van der Waals surface area contributed by atoms with Crippen molar-refractivity contribution in [3.8, 4) is 56.0 Å². The molecule has 0 aromatic heterocycles. The molecule has 0 saturated heterocycles. The molecule has 0 amide bonds. The minimum absolute atomic E-state index is 0.0201. The highest BCUT2D eigenvalue weighted by Gasteiger charge is 2.59. The molecule has 2 heteroatoms. The lowest BCUT2D eigenvalue weighted by atomic mass is 9.51. The van der Waals surface area contributed by atoms with Gasteiger partial charge in [0.2, 0.25) is 0 Å². The summed E-state index contributed by atoms with van der Waals surface area (Å²) in [6, 6.07) is 102. The molecular formula is C75H55NO. The summed E-state index contributed by atoms with van der Waals surface area (Å²) < 4.78 is 6.77. The van der Waals surface area contributed by atoms with Crippen LogP contribution in [-0.4, -0.2) is 5.71 Å². The summed E-state index contributed by atoms with van der Waals surface area (Å²) in [7, 11) is 0. The third-order valence-corrected chi connectivity index (χ3v) is 17.7. The van der Waals surface area contributed by atoms with Crippen molar-refractivity contribution in [1.29, 1.82) is 0 Å². The summed E-state index contributed by atoms with van der Waals surface area (Å²) in [5.74, 6) is 2.25. The zero-order valence-corrected chi connectivity index (χ0v) is 43.0. The molecule has 0 radical (unpaired) electrons. The van der Waals surface area contributed by atoms with E-state index in [4.69, 9.17) is 9.73 Å². The van der Waals surface area contributed by atoms with E-state index in [9.17, 15) is 0 Å².